The van der Waals surface area contributed by atoms with Crippen molar-refractivity contribution in [2.24, 2.45) is 0 Å². The predicted molar refractivity (Wildman–Crippen MR) is 115 cm³/mol. The molecule has 0 N–H and O–H groups in total. The van der Waals surface area contributed by atoms with Gasteiger partial charge in [-0.15, -0.1) is 11.3 Å². The number of hydrogen-bond acceptors (Lipinski definition) is 6. The molecule has 1 fully saturated rings. The Morgan fingerprint density at radius 3 is 2.41 bits per heavy atom. The zero-order valence-corrected chi connectivity index (χ0v) is 18.3. The molecular formula is C21H28N4O3S. The Morgan fingerprint density at radius 2 is 1.83 bits per heavy atom. The topological polar surface area (TPSA) is 66.0 Å². The van der Waals surface area contributed by atoms with Crippen molar-refractivity contribution in [3.05, 3.63) is 40.4 Å². The average molecular weight is 417 g/mol. The molecule has 0 unspecified atom stereocenters. The number of hydrogen-bond donors (Lipinski definition) is 0. The Balaban J connectivity index is 1.69. The summed E-state index contributed by atoms with van der Waals surface area (Å²) in [7, 11) is 0. The summed E-state index contributed by atoms with van der Waals surface area (Å²) >= 11 is 1.48. The van der Waals surface area contributed by atoms with Gasteiger partial charge in [0, 0.05) is 45.0 Å². The van der Waals surface area contributed by atoms with Crippen LogP contribution in [-0.4, -0.2) is 59.6 Å². The molecule has 1 saturated heterocycles. The van der Waals surface area contributed by atoms with Gasteiger partial charge in [0.15, 0.2) is 5.13 Å². The molecule has 0 radical (unpaired) electrons. The molecule has 156 valence electrons. The summed E-state index contributed by atoms with van der Waals surface area (Å²) in [5.41, 5.74) is 3.94. The second-order valence-corrected chi connectivity index (χ2v) is 8.01. The van der Waals surface area contributed by atoms with Crippen LogP contribution in [0.3, 0.4) is 0 Å². The van der Waals surface area contributed by atoms with Gasteiger partial charge in [0.1, 0.15) is 0 Å². The fourth-order valence-corrected chi connectivity index (χ4v) is 4.41. The van der Waals surface area contributed by atoms with Crippen LogP contribution >= 0.6 is 11.3 Å². The van der Waals surface area contributed by atoms with E-state index in [9.17, 15) is 9.59 Å². The maximum Gasteiger partial charge on any atom is 0.409 e. The predicted octanol–water partition coefficient (Wildman–Crippen LogP) is 3.72. The standard InChI is InChI=1S/C21H28N4O3S/c1-5-28-21(27)24-11-9-23(10-12-24)13-18-14-29-20(22-18)25(17(4)26)19-15(2)7-6-8-16(19)3/h6-8,14H,5,9-13H2,1-4H3. The van der Waals surface area contributed by atoms with Crippen LogP contribution in [0.1, 0.15) is 30.7 Å². The van der Waals surface area contributed by atoms with E-state index in [1.54, 1.807) is 16.7 Å². The fourth-order valence-electron chi connectivity index (χ4n) is 3.55. The van der Waals surface area contributed by atoms with Crippen molar-refractivity contribution in [3.63, 3.8) is 0 Å². The van der Waals surface area contributed by atoms with Gasteiger partial charge in [-0.1, -0.05) is 18.2 Å². The Bertz CT molecular complexity index is 854. The number of benzene rings is 1. The second-order valence-electron chi connectivity index (χ2n) is 7.18. The number of anilines is 2. The molecular weight excluding hydrogens is 388 g/mol. The summed E-state index contributed by atoms with van der Waals surface area (Å²) in [4.78, 5) is 34.7. The monoisotopic (exact) mass is 416 g/mol. The van der Waals surface area contributed by atoms with E-state index in [0.717, 1.165) is 35.6 Å². The smallest absolute Gasteiger partial charge is 0.409 e. The van der Waals surface area contributed by atoms with Crippen molar-refractivity contribution in [1.29, 1.82) is 0 Å². The Labute approximate surface area is 175 Å². The molecule has 1 aliphatic rings. The van der Waals surface area contributed by atoms with Crippen molar-refractivity contribution in [2.45, 2.75) is 34.2 Å². The maximum atomic E-state index is 12.4. The molecule has 1 aliphatic heterocycles. The second kappa shape index (κ2) is 9.37. The number of nitrogens with zero attached hydrogens (tertiary/aromatic N) is 4. The highest BCUT2D eigenvalue weighted by atomic mass is 32.1. The van der Waals surface area contributed by atoms with Gasteiger partial charge in [-0.25, -0.2) is 9.78 Å². The molecule has 29 heavy (non-hydrogen) atoms. The maximum absolute atomic E-state index is 12.4. The van der Waals surface area contributed by atoms with E-state index in [0.29, 0.717) is 31.4 Å². The number of para-hydroxylation sites is 1. The zero-order valence-electron chi connectivity index (χ0n) is 17.5. The van der Waals surface area contributed by atoms with E-state index in [-0.39, 0.29) is 12.0 Å². The first-order chi connectivity index (χ1) is 13.9. The lowest BCUT2D eigenvalue weighted by molar-refractivity contribution is -0.115. The van der Waals surface area contributed by atoms with Gasteiger partial charge in [0.25, 0.3) is 0 Å². The highest BCUT2D eigenvalue weighted by molar-refractivity contribution is 7.14. The third-order valence-electron chi connectivity index (χ3n) is 4.99. The van der Waals surface area contributed by atoms with Gasteiger partial charge >= 0.3 is 6.09 Å². The number of rotatable bonds is 5. The minimum atomic E-state index is -0.242. The first-order valence-electron chi connectivity index (χ1n) is 9.86. The summed E-state index contributed by atoms with van der Waals surface area (Å²) in [6.45, 7) is 11.4. The van der Waals surface area contributed by atoms with Crippen molar-refractivity contribution in [1.82, 2.24) is 14.8 Å². The molecule has 0 atom stereocenters. The number of aromatic nitrogens is 1. The summed E-state index contributed by atoms with van der Waals surface area (Å²) in [6, 6.07) is 6.02. The van der Waals surface area contributed by atoms with Crippen LogP contribution in [-0.2, 0) is 16.1 Å². The first-order valence-corrected chi connectivity index (χ1v) is 10.7. The van der Waals surface area contributed by atoms with Crippen molar-refractivity contribution in [3.8, 4) is 0 Å². The van der Waals surface area contributed by atoms with Gasteiger partial charge in [0.05, 0.1) is 18.0 Å². The minimum absolute atomic E-state index is 0.0497. The van der Waals surface area contributed by atoms with Crippen molar-refractivity contribution >= 4 is 34.2 Å². The van der Waals surface area contributed by atoms with Crippen LogP contribution in [0.2, 0.25) is 0 Å². The van der Waals surface area contributed by atoms with E-state index in [2.05, 4.69) is 4.90 Å². The molecule has 0 spiro atoms. The number of amides is 2. The van der Waals surface area contributed by atoms with Crippen LogP contribution < -0.4 is 4.90 Å². The fraction of sp³-hybridized carbons (Fsp3) is 0.476. The van der Waals surface area contributed by atoms with Crippen molar-refractivity contribution < 1.29 is 14.3 Å². The van der Waals surface area contributed by atoms with Crippen molar-refractivity contribution in [2.75, 3.05) is 37.7 Å². The van der Waals surface area contributed by atoms with E-state index >= 15 is 0 Å². The SMILES string of the molecule is CCOC(=O)N1CCN(Cc2csc(N(C(C)=O)c3c(C)cccc3C)n2)CC1. The number of ether oxygens (including phenoxy) is 1. The van der Waals surface area contributed by atoms with E-state index in [4.69, 9.17) is 9.72 Å². The molecule has 1 aromatic carbocycles. The molecule has 2 amide bonds. The quantitative estimate of drug-likeness (QED) is 0.743. The summed E-state index contributed by atoms with van der Waals surface area (Å²) in [5, 5.41) is 2.70. The summed E-state index contributed by atoms with van der Waals surface area (Å²) in [6.07, 6.45) is -0.242. The van der Waals surface area contributed by atoms with E-state index in [1.807, 2.05) is 44.4 Å². The highest BCUT2D eigenvalue weighted by Crippen LogP contribution is 2.34. The Kier molecular flexibility index (Phi) is 6.87. The van der Waals surface area contributed by atoms with Gasteiger partial charge in [-0.05, 0) is 31.9 Å². The molecule has 2 aromatic rings. The van der Waals surface area contributed by atoms with Gasteiger partial charge in [-0.2, -0.15) is 0 Å². The lowest BCUT2D eigenvalue weighted by Gasteiger charge is -2.33. The Hall–Kier alpha value is -2.45. The molecule has 3 rings (SSSR count). The number of carbonyl (C=O) groups is 2. The first kappa shape index (κ1) is 21.3. The van der Waals surface area contributed by atoms with Gasteiger partial charge in [0.2, 0.25) is 5.91 Å². The lowest BCUT2D eigenvalue weighted by Crippen LogP contribution is -2.48. The largest absolute Gasteiger partial charge is 0.450 e. The molecule has 1 aromatic heterocycles. The number of piperazine rings is 1. The number of thiazole rings is 1. The number of carbonyl (C=O) groups excluding carboxylic acids is 2. The molecule has 0 aliphatic carbocycles. The normalized spacial score (nSPS) is 14.7. The van der Waals surface area contributed by atoms with Crippen LogP contribution in [0.15, 0.2) is 23.6 Å². The third kappa shape index (κ3) is 4.94. The zero-order chi connectivity index (χ0) is 21.0. The van der Waals surface area contributed by atoms with Gasteiger partial charge < -0.3 is 9.64 Å². The van der Waals surface area contributed by atoms with E-state index in [1.165, 1.54) is 11.3 Å². The molecule has 7 nitrogen and oxygen atoms in total. The van der Waals surface area contributed by atoms with Crippen LogP contribution in [0, 0.1) is 13.8 Å². The highest BCUT2D eigenvalue weighted by Gasteiger charge is 2.24. The lowest BCUT2D eigenvalue weighted by atomic mass is 10.1. The molecule has 2 heterocycles. The van der Waals surface area contributed by atoms with Crippen LogP contribution in [0.5, 0.6) is 0 Å². The third-order valence-corrected chi connectivity index (χ3v) is 5.87. The minimum Gasteiger partial charge on any atom is -0.450 e. The molecule has 0 saturated carbocycles. The van der Waals surface area contributed by atoms with Gasteiger partial charge in [-0.3, -0.25) is 14.6 Å². The summed E-state index contributed by atoms with van der Waals surface area (Å²) < 4.78 is 5.07. The summed E-state index contributed by atoms with van der Waals surface area (Å²) in [5.74, 6) is -0.0497. The van der Waals surface area contributed by atoms with Crippen LogP contribution in [0.25, 0.3) is 0 Å². The van der Waals surface area contributed by atoms with Crippen LogP contribution in [0.4, 0.5) is 15.6 Å². The van der Waals surface area contributed by atoms with E-state index < -0.39 is 0 Å². The molecule has 0 bridgehead atoms. The average Bonchev–Trinajstić information content (AvgIpc) is 3.13. The Morgan fingerprint density at radius 1 is 1.17 bits per heavy atom. The molecule has 8 heteroatoms. The number of aryl methyl sites for hydroxylation is 2.